The van der Waals surface area contributed by atoms with Crippen molar-refractivity contribution in [3.8, 4) is 0 Å². The van der Waals surface area contributed by atoms with E-state index in [0.29, 0.717) is 48.0 Å². The molecule has 0 saturated heterocycles. The van der Waals surface area contributed by atoms with E-state index in [-0.39, 0.29) is 5.97 Å². The second kappa shape index (κ2) is 10.4. The van der Waals surface area contributed by atoms with E-state index in [1.165, 1.54) is 0 Å². The number of halogens is 4. The molecule has 1 saturated carbocycles. The molecule has 8 heteroatoms. The first-order valence-corrected chi connectivity index (χ1v) is 10.2. The molecule has 0 bridgehead atoms. The highest BCUT2D eigenvalue weighted by atomic mass is 79.9. The summed E-state index contributed by atoms with van der Waals surface area (Å²) in [5.74, 6) is 0.897. The third kappa shape index (κ3) is 7.41. The summed E-state index contributed by atoms with van der Waals surface area (Å²) in [6.45, 7) is 3.80. The molecule has 1 aromatic heterocycles. The van der Waals surface area contributed by atoms with Crippen LogP contribution in [0.1, 0.15) is 50.3 Å². The number of hydrogen-bond donors (Lipinski definition) is 1. The van der Waals surface area contributed by atoms with Crippen molar-refractivity contribution in [1.82, 2.24) is 10.3 Å². The minimum Gasteiger partial charge on any atom is -0.466 e. The molecule has 0 atom stereocenters. The van der Waals surface area contributed by atoms with E-state index in [1.54, 1.807) is 0 Å². The van der Waals surface area contributed by atoms with Crippen LogP contribution in [0.15, 0.2) is 16.7 Å². The minimum atomic E-state index is -4.38. The number of carbonyl (C=O) groups excluding carboxylic acids is 1. The van der Waals surface area contributed by atoms with Crippen LogP contribution in [0, 0.1) is 11.8 Å². The second-order valence-electron chi connectivity index (χ2n) is 7.00. The summed E-state index contributed by atoms with van der Waals surface area (Å²) in [7, 11) is 0. The van der Waals surface area contributed by atoms with Gasteiger partial charge in [0.15, 0.2) is 0 Å². The van der Waals surface area contributed by atoms with Crippen LogP contribution in [0.25, 0.3) is 0 Å². The Kier molecular flexibility index (Phi) is 8.54. The average molecular weight is 451 g/mol. The van der Waals surface area contributed by atoms with Crippen molar-refractivity contribution >= 4 is 21.9 Å². The van der Waals surface area contributed by atoms with Crippen LogP contribution in [-0.2, 0) is 22.1 Å². The van der Waals surface area contributed by atoms with E-state index in [2.05, 4.69) is 26.2 Å². The van der Waals surface area contributed by atoms with Gasteiger partial charge in [0.2, 0.25) is 0 Å². The maximum Gasteiger partial charge on any atom is 0.417 e. The Morgan fingerprint density at radius 3 is 2.56 bits per heavy atom. The van der Waals surface area contributed by atoms with Gasteiger partial charge in [0, 0.05) is 30.1 Å². The molecule has 1 aliphatic rings. The number of alkyl halides is 3. The normalized spacial score (nSPS) is 20.5. The van der Waals surface area contributed by atoms with Gasteiger partial charge in [-0.05, 0) is 73.0 Å². The van der Waals surface area contributed by atoms with Crippen LogP contribution in [0.3, 0.4) is 0 Å². The zero-order valence-electron chi connectivity index (χ0n) is 15.4. The molecule has 1 heterocycles. The fraction of sp³-hybridized carbons (Fsp3) is 0.684. The second-order valence-corrected chi connectivity index (χ2v) is 7.85. The monoisotopic (exact) mass is 450 g/mol. The predicted octanol–water partition coefficient (Wildman–Crippen LogP) is 4.75. The van der Waals surface area contributed by atoms with Crippen LogP contribution in [-0.4, -0.2) is 30.6 Å². The lowest BCUT2D eigenvalue weighted by molar-refractivity contribution is -0.144. The predicted molar refractivity (Wildman–Crippen MR) is 100 cm³/mol. The van der Waals surface area contributed by atoms with Crippen LogP contribution < -0.4 is 5.32 Å². The molecule has 1 aliphatic carbocycles. The molecule has 152 valence electrons. The van der Waals surface area contributed by atoms with Crippen molar-refractivity contribution in [1.29, 1.82) is 0 Å². The topological polar surface area (TPSA) is 51.2 Å². The fourth-order valence-electron chi connectivity index (χ4n) is 3.41. The van der Waals surface area contributed by atoms with Gasteiger partial charge in [0.1, 0.15) is 0 Å². The highest BCUT2D eigenvalue weighted by Crippen LogP contribution is 2.32. The number of hydrogen-bond acceptors (Lipinski definition) is 4. The molecule has 0 radical (unpaired) electrons. The van der Waals surface area contributed by atoms with Crippen molar-refractivity contribution in [2.75, 3.05) is 19.7 Å². The molecule has 1 fully saturated rings. The first-order valence-electron chi connectivity index (χ1n) is 9.37. The van der Waals surface area contributed by atoms with Gasteiger partial charge in [-0.3, -0.25) is 9.78 Å². The van der Waals surface area contributed by atoms with Crippen LogP contribution in [0.5, 0.6) is 0 Å². The van der Waals surface area contributed by atoms with Crippen molar-refractivity contribution in [2.24, 2.45) is 11.8 Å². The highest BCUT2D eigenvalue weighted by molar-refractivity contribution is 9.10. The van der Waals surface area contributed by atoms with Gasteiger partial charge in [-0.2, -0.15) is 13.2 Å². The smallest absolute Gasteiger partial charge is 0.417 e. The fourth-order valence-corrected chi connectivity index (χ4v) is 3.96. The van der Waals surface area contributed by atoms with Crippen LogP contribution in [0.4, 0.5) is 13.2 Å². The lowest BCUT2D eigenvalue weighted by atomic mass is 9.80. The maximum atomic E-state index is 12.6. The van der Waals surface area contributed by atoms with Gasteiger partial charge in [0.25, 0.3) is 0 Å². The molecule has 1 N–H and O–H groups in total. The molecular formula is C19H26BrF3N2O2. The van der Waals surface area contributed by atoms with E-state index < -0.39 is 11.7 Å². The minimum absolute atomic E-state index is 0.103. The number of esters is 1. The number of nitrogens with one attached hydrogen (secondary N) is 1. The summed E-state index contributed by atoms with van der Waals surface area (Å²) in [6.07, 6.45) is 1.83. The number of rotatable bonds is 8. The SMILES string of the molecule is CCOC(=O)C[C@H]1CC[C@H](CNCCc2ncc(C(F)(F)F)cc2Br)CC1. The molecule has 0 spiro atoms. The van der Waals surface area contributed by atoms with E-state index in [4.69, 9.17) is 4.74 Å². The Morgan fingerprint density at radius 2 is 1.96 bits per heavy atom. The first-order chi connectivity index (χ1) is 12.8. The summed E-state index contributed by atoms with van der Waals surface area (Å²) < 4.78 is 43.3. The number of pyridine rings is 1. The maximum absolute atomic E-state index is 12.6. The van der Waals surface area contributed by atoms with Crippen molar-refractivity contribution in [3.63, 3.8) is 0 Å². The van der Waals surface area contributed by atoms with E-state index in [9.17, 15) is 18.0 Å². The van der Waals surface area contributed by atoms with Gasteiger partial charge in [-0.25, -0.2) is 0 Å². The van der Waals surface area contributed by atoms with Crippen molar-refractivity contribution in [3.05, 3.63) is 28.0 Å². The van der Waals surface area contributed by atoms with Gasteiger partial charge in [0.05, 0.1) is 17.9 Å². The Bertz CT molecular complexity index is 617. The highest BCUT2D eigenvalue weighted by Gasteiger charge is 2.31. The Morgan fingerprint density at radius 1 is 1.30 bits per heavy atom. The van der Waals surface area contributed by atoms with Gasteiger partial charge in [-0.15, -0.1) is 0 Å². The standard InChI is InChI=1S/C19H26BrF3N2O2/c1-2-27-18(26)9-13-3-5-14(6-4-13)11-24-8-7-17-16(20)10-15(12-25-17)19(21,22)23/h10,12-14,24H,2-9,11H2,1H3/t13-,14-. The summed E-state index contributed by atoms with van der Waals surface area (Å²) in [5, 5.41) is 3.38. The van der Waals surface area contributed by atoms with Crippen molar-refractivity contribution in [2.45, 2.75) is 51.6 Å². The zero-order chi connectivity index (χ0) is 19.9. The number of carbonyl (C=O) groups is 1. The summed E-state index contributed by atoms with van der Waals surface area (Å²) in [5.41, 5.74) is -0.126. The number of ether oxygens (including phenoxy) is 1. The molecule has 4 nitrogen and oxygen atoms in total. The molecule has 0 amide bonds. The third-order valence-corrected chi connectivity index (χ3v) is 5.63. The molecule has 0 aromatic carbocycles. The Balaban J connectivity index is 1.66. The Hall–Kier alpha value is -1.15. The summed E-state index contributed by atoms with van der Waals surface area (Å²) in [4.78, 5) is 15.5. The quantitative estimate of drug-likeness (QED) is 0.458. The zero-order valence-corrected chi connectivity index (χ0v) is 17.0. The van der Waals surface area contributed by atoms with E-state index in [0.717, 1.165) is 44.5 Å². The van der Waals surface area contributed by atoms with Gasteiger partial charge in [-0.1, -0.05) is 0 Å². The number of aromatic nitrogens is 1. The average Bonchev–Trinajstić information content (AvgIpc) is 2.60. The molecule has 0 aliphatic heterocycles. The molecular weight excluding hydrogens is 425 g/mol. The van der Waals surface area contributed by atoms with E-state index in [1.807, 2.05) is 6.92 Å². The first kappa shape index (κ1) is 22.1. The molecule has 1 aromatic rings. The van der Waals surface area contributed by atoms with Gasteiger partial charge >= 0.3 is 12.1 Å². The van der Waals surface area contributed by atoms with Crippen molar-refractivity contribution < 1.29 is 22.7 Å². The third-order valence-electron chi connectivity index (χ3n) is 4.94. The molecule has 0 unspecified atom stereocenters. The molecule has 27 heavy (non-hydrogen) atoms. The number of nitrogens with zero attached hydrogens (tertiary/aromatic N) is 1. The van der Waals surface area contributed by atoms with E-state index >= 15 is 0 Å². The lowest BCUT2D eigenvalue weighted by Crippen LogP contribution is -2.28. The van der Waals surface area contributed by atoms with Crippen LogP contribution in [0.2, 0.25) is 0 Å². The summed E-state index contributed by atoms with van der Waals surface area (Å²) >= 11 is 3.18. The van der Waals surface area contributed by atoms with Gasteiger partial charge < -0.3 is 10.1 Å². The largest absolute Gasteiger partial charge is 0.466 e. The lowest BCUT2D eigenvalue weighted by Gasteiger charge is -2.28. The molecule has 2 rings (SSSR count). The Labute approximate surface area is 166 Å². The summed E-state index contributed by atoms with van der Waals surface area (Å²) in [6, 6.07) is 1.08. The van der Waals surface area contributed by atoms with Crippen LogP contribution >= 0.6 is 15.9 Å².